The zero-order chi connectivity index (χ0) is 9.42. The van der Waals surface area contributed by atoms with Gasteiger partial charge in [-0.15, -0.1) is 0 Å². The van der Waals surface area contributed by atoms with Gasteiger partial charge in [0.25, 0.3) is 0 Å². The summed E-state index contributed by atoms with van der Waals surface area (Å²) >= 11 is 5.77. The van der Waals surface area contributed by atoms with Crippen molar-refractivity contribution >= 4 is 23.3 Å². The van der Waals surface area contributed by atoms with Crippen molar-refractivity contribution in [3.05, 3.63) is 28.8 Å². The molecule has 0 amide bonds. The maximum Gasteiger partial charge on any atom is 0.312 e. The molecule has 1 aliphatic heterocycles. The minimum Gasteiger partial charge on any atom is -0.481 e. The lowest BCUT2D eigenvalue weighted by Crippen LogP contribution is -2.13. The van der Waals surface area contributed by atoms with E-state index in [1.54, 1.807) is 18.2 Å². The molecule has 1 unspecified atom stereocenters. The summed E-state index contributed by atoms with van der Waals surface area (Å²) in [6, 6.07) is 5.26. The van der Waals surface area contributed by atoms with Crippen molar-refractivity contribution in [1.29, 1.82) is 0 Å². The van der Waals surface area contributed by atoms with Crippen molar-refractivity contribution in [2.24, 2.45) is 0 Å². The molecule has 1 aliphatic rings. The molecule has 0 aromatic heterocycles. The molecule has 1 atom stereocenters. The van der Waals surface area contributed by atoms with E-state index in [9.17, 15) is 4.79 Å². The number of rotatable bonds is 1. The minimum absolute atomic E-state index is 0.449. The quantitative estimate of drug-likeness (QED) is 0.724. The molecular weight excluding hydrogens is 190 g/mol. The van der Waals surface area contributed by atoms with Crippen LogP contribution in [0.2, 0.25) is 5.02 Å². The number of carbonyl (C=O) groups is 1. The van der Waals surface area contributed by atoms with Crippen molar-refractivity contribution in [1.82, 2.24) is 0 Å². The molecule has 68 valence electrons. The largest absolute Gasteiger partial charge is 0.481 e. The molecule has 4 heteroatoms. The van der Waals surface area contributed by atoms with E-state index in [1.165, 1.54) is 0 Å². The number of halogens is 1. The summed E-state index contributed by atoms with van der Waals surface area (Å²) in [6.45, 7) is 0.449. The highest BCUT2D eigenvalue weighted by Gasteiger charge is 2.27. The van der Waals surface area contributed by atoms with Crippen LogP contribution in [-0.2, 0) is 4.79 Å². The molecule has 2 N–H and O–H groups in total. The van der Waals surface area contributed by atoms with Crippen molar-refractivity contribution in [2.75, 3.05) is 11.9 Å². The van der Waals surface area contributed by atoms with Crippen LogP contribution in [0.1, 0.15) is 11.5 Å². The van der Waals surface area contributed by atoms with Crippen LogP contribution in [0.15, 0.2) is 18.2 Å². The van der Waals surface area contributed by atoms with E-state index in [4.69, 9.17) is 16.7 Å². The summed E-state index contributed by atoms with van der Waals surface area (Å²) in [4.78, 5) is 10.8. The zero-order valence-corrected chi connectivity index (χ0v) is 7.51. The fourth-order valence-corrected chi connectivity index (χ4v) is 1.71. The number of carboxylic acids is 1. The lowest BCUT2D eigenvalue weighted by molar-refractivity contribution is -0.138. The fraction of sp³-hybridized carbons (Fsp3) is 0.222. The number of hydrogen-bond donors (Lipinski definition) is 2. The molecule has 0 saturated heterocycles. The number of hydrogen-bond acceptors (Lipinski definition) is 2. The molecule has 0 fully saturated rings. The Balaban J connectivity index is 2.46. The maximum atomic E-state index is 10.8. The van der Waals surface area contributed by atoms with Gasteiger partial charge in [0.05, 0.1) is 0 Å². The number of fused-ring (bicyclic) bond motifs is 1. The minimum atomic E-state index is -0.812. The SMILES string of the molecule is O=C(O)C1CNc2ccc(Cl)cc21. The molecule has 2 rings (SSSR count). The fourth-order valence-electron chi connectivity index (χ4n) is 1.53. The van der Waals surface area contributed by atoms with Crippen LogP contribution in [0, 0.1) is 0 Å². The van der Waals surface area contributed by atoms with Crippen LogP contribution < -0.4 is 5.32 Å². The van der Waals surface area contributed by atoms with Gasteiger partial charge in [-0.05, 0) is 23.8 Å². The lowest BCUT2D eigenvalue weighted by Gasteiger charge is -2.03. The number of carboxylic acid groups (broad SMARTS) is 1. The lowest BCUT2D eigenvalue weighted by atomic mass is 10.0. The Kier molecular flexibility index (Phi) is 1.88. The molecule has 3 nitrogen and oxygen atoms in total. The number of anilines is 1. The summed E-state index contributed by atoms with van der Waals surface area (Å²) in [5.41, 5.74) is 1.65. The van der Waals surface area contributed by atoms with Crippen molar-refractivity contribution < 1.29 is 9.90 Å². The third-order valence-electron chi connectivity index (χ3n) is 2.18. The van der Waals surface area contributed by atoms with E-state index in [-0.39, 0.29) is 0 Å². The van der Waals surface area contributed by atoms with Crippen molar-refractivity contribution in [2.45, 2.75) is 5.92 Å². The molecule has 1 aromatic carbocycles. The second-order valence-electron chi connectivity index (χ2n) is 3.00. The summed E-state index contributed by atoms with van der Waals surface area (Å²) in [6.07, 6.45) is 0. The Morgan fingerprint density at radius 1 is 1.62 bits per heavy atom. The van der Waals surface area contributed by atoms with Crippen LogP contribution in [-0.4, -0.2) is 17.6 Å². The Morgan fingerprint density at radius 2 is 2.38 bits per heavy atom. The smallest absolute Gasteiger partial charge is 0.312 e. The first-order valence-corrected chi connectivity index (χ1v) is 4.32. The van der Waals surface area contributed by atoms with Crippen LogP contribution in [0.25, 0.3) is 0 Å². The highest BCUT2D eigenvalue weighted by molar-refractivity contribution is 6.30. The maximum absolute atomic E-state index is 10.8. The molecule has 13 heavy (non-hydrogen) atoms. The number of nitrogens with one attached hydrogen (secondary N) is 1. The second kappa shape index (κ2) is 2.92. The first kappa shape index (κ1) is 8.38. The van der Waals surface area contributed by atoms with Gasteiger partial charge in [0.2, 0.25) is 0 Å². The van der Waals surface area contributed by atoms with E-state index in [1.807, 2.05) is 0 Å². The van der Waals surface area contributed by atoms with Crippen molar-refractivity contribution in [3.63, 3.8) is 0 Å². The van der Waals surface area contributed by atoms with E-state index in [2.05, 4.69) is 5.32 Å². The summed E-state index contributed by atoms with van der Waals surface area (Å²) in [5.74, 6) is -1.28. The molecular formula is C9H8ClNO2. The molecule has 1 heterocycles. The van der Waals surface area contributed by atoms with E-state index < -0.39 is 11.9 Å². The number of benzene rings is 1. The number of aliphatic carboxylic acids is 1. The normalized spacial score (nSPS) is 19.3. The Morgan fingerprint density at radius 3 is 3.08 bits per heavy atom. The van der Waals surface area contributed by atoms with Crippen LogP contribution in [0.4, 0.5) is 5.69 Å². The summed E-state index contributed by atoms with van der Waals surface area (Å²) in [7, 11) is 0. The Hall–Kier alpha value is -1.22. The first-order chi connectivity index (χ1) is 6.18. The van der Waals surface area contributed by atoms with Gasteiger partial charge in [-0.1, -0.05) is 11.6 Å². The third-order valence-corrected chi connectivity index (χ3v) is 2.42. The summed E-state index contributed by atoms with van der Waals surface area (Å²) < 4.78 is 0. The predicted octanol–water partition coefficient (Wildman–Crippen LogP) is 1.93. The predicted molar refractivity (Wildman–Crippen MR) is 50.3 cm³/mol. The van der Waals surface area contributed by atoms with E-state index in [0.29, 0.717) is 11.6 Å². The third kappa shape index (κ3) is 1.35. The van der Waals surface area contributed by atoms with Gasteiger partial charge in [-0.2, -0.15) is 0 Å². The van der Waals surface area contributed by atoms with Crippen LogP contribution in [0.5, 0.6) is 0 Å². The monoisotopic (exact) mass is 197 g/mol. The molecule has 0 radical (unpaired) electrons. The van der Waals surface area contributed by atoms with Gasteiger partial charge in [-0.25, -0.2) is 0 Å². The Bertz CT molecular complexity index is 365. The van der Waals surface area contributed by atoms with Gasteiger partial charge >= 0.3 is 5.97 Å². The van der Waals surface area contributed by atoms with Crippen LogP contribution in [0.3, 0.4) is 0 Å². The van der Waals surface area contributed by atoms with Gasteiger partial charge in [0.1, 0.15) is 5.92 Å². The highest BCUT2D eigenvalue weighted by Crippen LogP contribution is 2.33. The van der Waals surface area contributed by atoms with Gasteiger partial charge in [-0.3, -0.25) is 4.79 Å². The van der Waals surface area contributed by atoms with Crippen LogP contribution >= 0.6 is 11.6 Å². The first-order valence-electron chi connectivity index (χ1n) is 3.94. The molecule has 0 bridgehead atoms. The van der Waals surface area contributed by atoms with Gasteiger partial charge < -0.3 is 10.4 Å². The highest BCUT2D eigenvalue weighted by atomic mass is 35.5. The van der Waals surface area contributed by atoms with Crippen molar-refractivity contribution in [3.8, 4) is 0 Å². The zero-order valence-electron chi connectivity index (χ0n) is 6.75. The molecule has 1 aromatic rings. The van der Waals surface area contributed by atoms with E-state index >= 15 is 0 Å². The molecule has 0 aliphatic carbocycles. The van der Waals surface area contributed by atoms with Gasteiger partial charge in [0.15, 0.2) is 0 Å². The second-order valence-corrected chi connectivity index (χ2v) is 3.44. The van der Waals surface area contributed by atoms with Gasteiger partial charge in [0, 0.05) is 17.3 Å². The molecule has 0 spiro atoms. The summed E-state index contributed by atoms with van der Waals surface area (Å²) in [5, 5.41) is 12.5. The Labute approximate surface area is 80.3 Å². The average Bonchev–Trinajstić information content (AvgIpc) is 2.46. The average molecular weight is 198 g/mol. The standard InChI is InChI=1S/C9H8ClNO2/c10-5-1-2-8-6(3-5)7(4-11-8)9(12)13/h1-3,7,11H,4H2,(H,12,13). The van der Waals surface area contributed by atoms with E-state index in [0.717, 1.165) is 11.3 Å². The molecule has 0 saturated carbocycles. The topological polar surface area (TPSA) is 49.3 Å².